The molecule has 2 amide bonds. The first-order valence-corrected chi connectivity index (χ1v) is 6.89. The van der Waals surface area contributed by atoms with Gasteiger partial charge in [-0.1, -0.05) is 0 Å². The molecule has 3 rings (SSSR count). The molecule has 0 bridgehead atoms. The number of hydrogen-bond donors (Lipinski definition) is 1. The molecule has 3 heterocycles. The first-order chi connectivity index (χ1) is 10.0. The third-order valence-corrected chi connectivity index (χ3v) is 4.22. The summed E-state index contributed by atoms with van der Waals surface area (Å²) in [6.45, 7) is 1.64. The SMILES string of the molecule is CC(c1nc(C(=O)O)cs1)N1C(=O)c2ccncc2C1=O. The van der Waals surface area contributed by atoms with Gasteiger partial charge in [-0.25, -0.2) is 9.78 Å². The smallest absolute Gasteiger partial charge is 0.355 e. The largest absolute Gasteiger partial charge is 0.476 e. The first-order valence-electron chi connectivity index (χ1n) is 6.01. The van der Waals surface area contributed by atoms with Crippen molar-refractivity contribution in [2.45, 2.75) is 13.0 Å². The number of thiazole rings is 1. The summed E-state index contributed by atoms with van der Waals surface area (Å²) >= 11 is 1.10. The number of imide groups is 1. The monoisotopic (exact) mass is 303 g/mol. The highest BCUT2D eigenvalue weighted by Gasteiger charge is 2.40. The van der Waals surface area contributed by atoms with Gasteiger partial charge in [0.15, 0.2) is 5.69 Å². The van der Waals surface area contributed by atoms with Crippen molar-refractivity contribution in [2.75, 3.05) is 0 Å². The molecule has 1 unspecified atom stereocenters. The maximum absolute atomic E-state index is 12.3. The summed E-state index contributed by atoms with van der Waals surface area (Å²) in [5.74, 6) is -2.00. The zero-order valence-corrected chi connectivity index (χ0v) is 11.6. The number of fused-ring (bicyclic) bond motifs is 1. The topological polar surface area (TPSA) is 100 Å². The van der Waals surface area contributed by atoms with Crippen LogP contribution in [0, 0.1) is 0 Å². The van der Waals surface area contributed by atoms with Crippen molar-refractivity contribution in [2.24, 2.45) is 0 Å². The van der Waals surface area contributed by atoms with Gasteiger partial charge < -0.3 is 5.11 Å². The van der Waals surface area contributed by atoms with Gasteiger partial charge >= 0.3 is 5.97 Å². The Balaban J connectivity index is 1.96. The summed E-state index contributed by atoms with van der Waals surface area (Å²) in [5, 5.41) is 10.7. The van der Waals surface area contributed by atoms with Gasteiger partial charge in [0.1, 0.15) is 5.01 Å². The van der Waals surface area contributed by atoms with Gasteiger partial charge in [-0.3, -0.25) is 19.5 Å². The lowest BCUT2D eigenvalue weighted by molar-refractivity contribution is 0.0595. The summed E-state index contributed by atoms with van der Waals surface area (Å²) in [6, 6.07) is 0.864. The molecule has 2 aromatic rings. The van der Waals surface area contributed by atoms with Gasteiger partial charge in [0.2, 0.25) is 0 Å². The van der Waals surface area contributed by atoms with E-state index in [1.54, 1.807) is 6.92 Å². The molecule has 1 N–H and O–H groups in total. The van der Waals surface area contributed by atoms with Crippen molar-refractivity contribution in [1.29, 1.82) is 0 Å². The standard InChI is InChI=1S/C13H9N3O4S/c1-6(10-15-9(5-21-10)13(19)20)16-11(17)7-2-3-14-4-8(7)12(16)18/h2-6H,1H3,(H,19,20). The Morgan fingerprint density at radius 3 is 2.67 bits per heavy atom. The molecular weight excluding hydrogens is 294 g/mol. The Kier molecular flexibility index (Phi) is 3.02. The number of rotatable bonds is 3. The van der Waals surface area contributed by atoms with Crippen LogP contribution in [0.15, 0.2) is 23.8 Å². The second-order valence-electron chi connectivity index (χ2n) is 4.45. The number of pyridine rings is 1. The maximum Gasteiger partial charge on any atom is 0.355 e. The highest BCUT2D eigenvalue weighted by atomic mass is 32.1. The van der Waals surface area contributed by atoms with Gasteiger partial charge in [0.25, 0.3) is 11.8 Å². The zero-order valence-electron chi connectivity index (χ0n) is 10.8. The van der Waals surface area contributed by atoms with Crippen LogP contribution in [0.3, 0.4) is 0 Å². The molecule has 0 aliphatic carbocycles. The van der Waals surface area contributed by atoms with Crippen molar-refractivity contribution >= 4 is 29.1 Å². The van der Waals surface area contributed by atoms with Crippen LogP contribution < -0.4 is 0 Å². The van der Waals surface area contributed by atoms with Gasteiger partial charge in [-0.2, -0.15) is 0 Å². The molecule has 0 saturated heterocycles. The second-order valence-corrected chi connectivity index (χ2v) is 5.34. The quantitative estimate of drug-likeness (QED) is 0.864. The number of carbonyl (C=O) groups is 3. The van der Waals surface area contributed by atoms with Crippen LogP contribution in [0.25, 0.3) is 0 Å². The van der Waals surface area contributed by atoms with Crippen LogP contribution >= 0.6 is 11.3 Å². The molecule has 0 saturated carbocycles. The number of aromatic carboxylic acids is 1. The molecule has 1 aliphatic heterocycles. The average molecular weight is 303 g/mol. The van der Waals surface area contributed by atoms with Crippen LogP contribution in [-0.4, -0.2) is 37.8 Å². The Labute approximate surface area is 122 Å². The number of nitrogens with zero attached hydrogens (tertiary/aromatic N) is 3. The van der Waals surface area contributed by atoms with Crippen molar-refractivity contribution in [3.05, 3.63) is 45.7 Å². The van der Waals surface area contributed by atoms with Gasteiger partial charge in [-0.05, 0) is 13.0 Å². The maximum atomic E-state index is 12.3. The van der Waals surface area contributed by atoms with Crippen molar-refractivity contribution in [3.8, 4) is 0 Å². The summed E-state index contributed by atoms with van der Waals surface area (Å²) < 4.78 is 0. The molecule has 0 aromatic carbocycles. The Morgan fingerprint density at radius 2 is 2.05 bits per heavy atom. The highest BCUT2D eigenvalue weighted by Crippen LogP contribution is 2.31. The van der Waals surface area contributed by atoms with Crippen molar-refractivity contribution in [3.63, 3.8) is 0 Å². The van der Waals surface area contributed by atoms with E-state index >= 15 is 0 Å². The molecule has 1 atom stereocenters. The first kappa shape index (κ1) is 13.4. The Hall–Kier alpha value is -2.61. The van der Waals surface area contributed by atoms with Gasteiger partial charge in [0, 0.05) is 17.8 Å². The molecular formula is C13H9N3O4S. The second kappa shape index (κ2) is 4.74. The van der Waals surface area contributed by atoms with Crippen LogP contribution in [-0.2, 0) is 0 Å². The van der Waals surface area contributed by atoms with Crippen LogP contribution in [0.4, 0.5) is 0 Å². The van der Waals surface area contributed by atoms with Crippen molar-refractivity contribution in [1.82, 2.24) is 14.9 Å². The molecule has 7 nitrogen and oxygen atoms in total. The van der Waals surface area contributed by atoms with Crippen LogP contribution in [0.5, 0.6) is 0 Å². The summed E-state index contributed by atoms with van der Waals surface area (Å²) in [4.78, 5) is 44.3. The lowest BCUT2D eigenvalue weighted by Crippen LogP contribution is -2.32. The fourth-order valence-electron chi connectivity index (χ4n) is 2.14. The number of carbonyl (C=O) groups excluding carboxylic acids is 2. The van der Waals surface area contributed by atoms with E-state index in [9.17, 15) is 14.4 Å². The van der Waals surface area contributed by atoms with Gasteiger partial charge in [-0.15, -0.1) is 11.3 Å². The third kappa shape index (κ3) is 2.00. The molecule has 8 heteroatoms. The van der Waals surface area contributed by atoms with E-state index in [-0.39, 0.29) is 11.3 Å². The summed E-state index contributed by atoms with van der Waals surface area (Å²) in [6.07, 6.45) is 2.80. The number of aromatic nitrogens is 2. The van der Waals surface area contributed by atoms with E-state index in [1.165, 1.54) is 23.8 Å². The fourth-order valence-corrected chi connectivity index (χ4v) is 2.98. The predicted octanol–water partition coefficient (Wildman–Crippen LogP) is 1.59. The number of carboxylic acids is 1. The minimum Gasteiger partial charge on any atom is -0.476 e. The molecule has 21 heavy (non-hydrogen) atoms. The fraction of sp³-hybridized carbons (Fsp3) is 0.154. The molecule has 2 aromatic heterocycles. The average Bonchev–Trinajstić information content (AvgIpc) is 3.05. The van der Waals surface area contributed by atoms with Crippen LogP contribution in [0.1, 0.15) is 49.2 Å². The van der Waals surface area contributed by atoms with Gasteiger partial charge in [0.05, 0.1) is 17.2 Å². The predicted molar refractivity (Wildman–Crippen MR) is 72.2 cm³/mol. The van der Waals surface area contributed by atoms with E-state index in [2.05, 4.69) is 9.97 Å². The van der Waals surface area contributed by atoms with Crippen LogP contribution in [0.2, 0.25) is 0 Å². The van der Waals surface area contributed by atoms with Crippen molar-refractivity contribution < 1.29 is 19.5 Å². The van der Waals surface area contributed by atoms with E-state index < -0.39 is 23.8 Å². The number of hydrogen-bond acceptors (Lipinski definition) is 6. The molecule has 0 radical (unpaired) electrons. The minimum atomic E-state index is -1.14. The van der Waals surface area contributed by atoms with E-state index in [1.807, 2.05) is 0 Å². The molecule has 0 fully saturated rings. The minimum absolute atomic E-state index is 0.0971. The van der Waals surface area contributed by atoms with E-state index in [0.29, 0.717) is 10.6 Å². The summed E-state index contributed by atoms with van der Waals surface area (Å²) in [7, 11) is 0. The number of carboxylic acid groups (broad SMARTS) is 1. The zero-order chi connectivity index (χ0) is 15.1. The number of amides is 2. The van der Waals surface area contributed by atoms with E-state index in [4.69, 9.17) is 5.11 Å². The molecule has 0 spiro atoms. The lowest BCUT2D eigenvalue weighted by atomic mass is 10.2. The Morgan fingerprint density at radius 1 is 1.33 bits per heavy atom. The van der Waals surface area contributed by atoms with E-state index in [0.717, 1.165) is 16.2 Å². The lowest BCUT2D eigenvalue weighted by Gasteiger charge is -2.20. The highest BCUT2D eigenvalue weighted by molar-refractivity contribution is 7.09. The normalized spacial score (nSPS) is 15.2. The third-order valence-electron chi connectivity index (χ3n) is 3.21. The molecule has 1 aliphatic rings. The Bertz CT molecular complexity index is 735. The summed E-state index contributed by atoms with van der Waals surface area (Å²) in [5.41, 5.74) is 0.460. The molecule has 106 valence electrons.